The van der Waals surface area contributed by atoms with Gasteiger partial charge in [-0.15, -0.1) is 18.8 Å². The maximum atomic E-state index is 12.6. The number of aryl methyl sites for hydroxylation is 2. The van der Waals surface area contributed by atoms with Crippen LogP contribution in [-0.2, 0) is 22.4 Å². The van der Waals surface area contributed by atoms with E-state index in [0.717, 1.165) is 33.6 Å². The molecule has 0 saturated heterocycles. The van der Waals surface area contributed by atoms with Crippen molar-refractivity contribution in [1.29, 1.82) is 0 Å². The number of hydrogen-bond donors (Lipinski definition) is 1. The lowest BCUT2D eigenvalue weighted by Crippen LogP contribution is -2.43. The third-order valence-corrected chi connectivity index (χ3v) is 6.14. The van der Waals surface area contributed by atoms with Crippen molar-refractivity contribution in [2.45, 2.75) is 63.5 Å². The molecule has 2 aliphatic carbocycles. The molecule has 2 aromatic rings. The molecule has 0 saturated carbocycles. The summed E-state index contributed by atoms with van der Waals surface area (Å²) in [5.74, 6) is 0.829. The Labute approximate surface area is 223 Å². The fraction of sp³-hybridized carbons (Fsp3) is 0.379. The van der Waals surface area contributed by atoms with Gasteiger partial charge in [-0.05, 0) is 47.9 Å². The van der Waals surface area contributed by atoms with Gasteiger partial charge >= 0.3 is 24.2 Å². The van der Waals surface area contributed by atoms with Gasteiger partial charge in [-0.2, -0.15) is 26.3 Å². The molecular weight excluding hydrogens is 522 g/mol. The van der Waals surface area contributed by atoms with Gasteiger partial charge in [0.2, 0.25) is 0 Å². The summed E-state index contributed by atoms with van der Waals surface area (Å²) < 4.78 is 74.0. The predicted octanol–water partition coefficient (Wildman–Crippen LogP) is 6.08. The first-order valence-corrected chi connectivity index (χ1v) is 12.1. The third kappa shape index (κ3) is 8.54. The lowest BCUT2D eigenvalue weighted by molar-refractivity contribution is -0.187. The molecule has 1 N–H and O–H groups in total. The zero-order valence-electron chi connectivity index (χ0n) is 21.2. The summed E-state index contributed by atoms with van der Waals surface area (Å²) in [7, 11) is 0. The first kappa shape index (κ1) is 31.3. The van der Waals surface area contributed by atoms with Crippen LogP contribution in [0.1, 0.15) is 60.5 Å². The molecule has 10 heteroatoms. The highest BCUT2D eigenvalue weighted by molar-refractivity contribution is 5.83. The number of benzene rings is 2. The average Bonchev–Trinajstić information content (AvgIpc) is 3.51. The summed E-state index contributed by atoms with van der Waals surface area (Å²) in [5.41, 5.74) is 3.54. The van der Waals surface area contributed by atoms with E-state index in [9.17, 15) is 35.9 Å². The van der Waals surface area contributed by atoms with Gasteiger partial charge in [0.15, 0.2) is 0 Å². The van der Waals surface area contributed by atoms with Crippen LogP contribution in [0.2, 0.25) is 0 Å². The van der Waals surface area contributed by atoms with Crippen molar-refractivity contribution in [2.75, 3.05) is 6.54 Å². The van der Waals surface area contributed by atoms with Crippen LogP contribution < -0.4 is 5.32 Å². The highest BCUT2D eigenvalue weighted by atomic mass is 19.4. The van der Waals surface area contributed by atoms with Crippen molar-refractivity contribution >= 4 is 11.8 Å². The number of terminal acetylenes is 2. The molecule has 2 amide bonds. The molecule has 0 radical (unpaired) electrons. The first-order valence-electron chi connectivity index (χ1n) is 12.1. The van der Waals surface area contributed by atoms with Crippen LogP contribution in [0.5, 0.6) is 0 Å². The maximum absolute atomic E-state index is 12.6. The number of carbonyl (C=O) groups excluding carboxylic acids is 2. The summed E-state index contributed by atoms with van der Waals surface area (Å²) in [6.07, 6.45) is 3.38. The van der Waals surface area contributed by atoms with Crippen molar-refractivity contribution in [1.82, 2.24) is 10.2 Å². The van der Waals surface area contributed by atoms with E-state index in [1.54, 1.807) is 24.3 Å². The maximum Gasteiger partial charge on any atom is 0.471 e. The van der Waals surface area contributed by atoms with E-state index in [-0.39, 0.29) is 6.54 Å². The van der Waals surface area contributed by atoms with Gasteiger partial charge in [-0.3, -0.25) is 9.59 Å². The fourth-order valence-electron chi connectivity index (χ4n) is 4.39. The number of alkyl halides is 6. The molecule has 2 atom stereocenters. The Bertz CT molecular complexity index is 1220. The van der Waals surface area contributed by atoms with Crippen molar-refractivity contribution in [2.24, 2.45) is 0 Å². The van der Waals surface area contributed by atoms with Crippen molar-refractivity contribution in [3.05, 3.63) is 70.8 Å². The molecule has 0 bridgehead atoms. The molecule has 4 nitrogen and oxygen atoms in total. The zero-order valence-corrected chi connectivity index (χ0v) is 21.2. The second kappa shape index (κ2) is 13.7. The standard InChI is InChI=1S/C14H12F3NO.C11H10F3NO.C4H6/c1-2-9-18(13(19)14(15,16)17)12-8-7-10-5-3-4-6-11(10)12;12-11(13,14)10(16)15-9-6-5-7-3-1-2-4-8(7)9;1-3-4-2/h1,3-6,12H,7-9H2;1-4,9H,5-6H2,(H,15,16);1H,4H2,2H3/t12-;9-;/m11./s1. The number of rotatable bonds is 3. The topological polar surface area (TPSA) is 49.4 Å². The Morgan fingerprint density at radius 2 is 1.38 bits per heavy atom. The molecule has 0 heterocycles. The number of nitrogens with zero attached hydrogens (tertiary/aromatic N) is 1. The van der Waals surface area contributed by atoms with Crippen LogP contribution in [0.3, 0.4) is 0 Å². The summed E-state index contributed by atoms with van der Waals surface area (Å²) in [5, 5.41) is 2.01. The lowest BCUT2D eigenvalue weighted by Gasteiger charge is -2.28. The number of hydrogen-bond acceptors (Lipinski definition) is 2. The van der Waals surface area contributed by atoms with E-state index in [0.29, 0.717) is 25.7 Å². The Hall–Kier alpha value is -3.92. The second-order valence-corrected chi connectivity index (χ2v) is 8.71. The molecule has 0 aliphatic heterocycles. The van der Waals surface area contributed by atoms with Crippen LogP contribution in [-0.4, -0.2) is 35.6 Å². The van der Waals surface area contributed by atoms with Crippen molar-refractivity contribution in [3.63, 3.8) is 0 Å². The Morgan fingerprint density at radius 3 is 1.90 bits per heavy atom. The van der Waals surface area contributed by atoms with Crippen LogP contribution >= 0.6 is 0 Å². The number of halogens is 6. The van der Waals surface area contributed by atoms with E-state index >= 15 is 0 Å². The summed E-state index contributed by atoms with van der Waals surface area (Å²) in [4.78, 5) is 23.0. The normalized spacial score (nSPS) is 17.1. The number of nitrogens with one attached hydrogen (secondary N) is 1. The summed E-state index contributed by atoms with van der Waals surface area (Å²) in [6, 6.07) is 13.3. The van der Waals surface area contributed by atoms with Crippen LogP contribution in [0.15, 0.2) is 48.5 Å². The molecule has 208 valence electrons. The number of fused-ring (bicyclic) bond motifs is 2. The van der Waals surface area contributed by atoms with Gasteiger partial charge < -0.3 is 10.2 Å². The monoisotopic (exact) mass is 550 g/mol. The quantitative estimate of drug-likeness (QED) is 0.372. The molecule has 0 unspecified atom stereocenters. The zero-order chi connectivity index (χ0) is 29.2. The molecule has 0 spiro atoms. The van der Waals surface area contributed by atoms with E-state index in [1.165, 1.54) is 0 Å². The molecule has 39 heavy (non-hydrogen) atoms. The summed E-state index contributed by atoms with van der Waals surface area (Å²) in [6.45, 7) is 1.61. The minimum absolute atomic E-state index is 0.336. The van der Waals surface area contributed by atoms with Crippen LogP contribution in [0.25, 0.3) is 0 Å². The highest BCUT2D eigenvalue weighted by Gasteiger charge is 2.45. The highest BCUT2D eigenvalue weighted by Crippen LogP contribution is 2.37. The van der Waals surface area contributed by atoms with Crippen LogP contribution in [0.4, 0.5) is 26.3 Å². The predicted molar refractivity (Wildman–Crippen MR) is 135 cm³/mol. The smallest absolute Gasteiger partial charge is 0.341 e. The molecule has 2 aliphatic rings. The molecule has 4 rings (SSSR count). The van der Waals surface area contributed by atoms with Crippen LogP contribution in [0, 0.1) is 24.7 Å². The van der Waals surface area contributed by atoms with E-state index in [1.807, 2.05) is 36.5 Å². The fourth-order valence-corrected chi connectivity index (χ4v) is 4.39. The number of carbonyl (C=O) groups is 2. The SMILES string of the molecule is C#CCC.C#CCN(C(=O)C(F)(F)F)[C@@H]1CCc2ccccc21.O=C(N[C@@H]1CCc2ccccc21)C(F)(F)F. The Morgan fingerprint density at radius 1 is 0.872 bits per heavy atom. The van der Waals surface area contributed by atoms with E-state index in [4.69, 9.17) is 12.8 Å². The van der Waals surface area contributed by atoms with Crippen molar-refractivity contribution < 1.29 is 35.9 Å². The van der Waals surface area contributed by atoms with Gasteiger partial charge in [0.1, 0.15) is 0 Å². The number of amides is 2. The second-order valence-electron chi connectivity index (χ2n) is 8.71. The lowest BCUT2D eigenvalue weighted by atomic mass is 10.1. The molecule has 2 aromatic carbocycles. The van der Waals surface area contributed by atoms with Gasteiger partial charge in [-0.25, -0.2) is 0 Å². The minimum Gasteiger partial charge on any atom is -0.341 e. The van der Waals surface area contributed by atoms with Gasteiger partial charge in [0.25, 0.3) is 0 Å². The largest absolute Gasteiger partial charge is 0.471 e. The first-order chi connectivity index (χ1) is 18.3. The molecule has 0 aromatic heterocycles. The van der Waals surface area contributed by atoms with E-state index in [2.05, 4.69) is 11.8 Å². The van der Waals surface area contributed by atoms with Crippen molar-refractivity contribution in [3.8, 4) is 24.7 Å². The average molecular weight is 551 g/mol. The minimum atomic E-state index is -4.89. The molecular formula is C29H28F6N2O2. The summed E-state index contributed by atoms with van der Waals surface area (Å²) >= 11 is 0. The third-order valence-electron chi connectivity index (χ3n) is 6.14. The van der Waals surface area contributed by atoms with Gasteiger partial charge in [-0.1, -0.05) is 61.4 Å². The Kier molecular flexibility index (Phi) is 11.0. The van der Waals surface area contributed by atoms with Gasteiger partial charge in [0.05, 0.1) is 18.6 Å². The van der Waals surface area contributed by atoms with E-state index < -0.39 is 36.3 Å². The molecule has 0 fully saturated rings. The van der Waals surface area contributed by atoms with Gasteiger partial charge in [0, 0.05) is 6.42 Å². The Balaban J connectivity index is 0.000000243.